The highest BCUT2D eigenvalue weighted by molar-refractivity contribution is 8.00. The van der Waals surface area contributed by atoms with Gasteiger partial charge in [0, 0.05) is 30.9 Å². The van der Waals surface area contributed by atoms with Crippen LogP contribution in [0.2, 0.25) is 0 Å². The van der Waals surface area contributed by atoms with Crippen LogP contribution in [0.5, 0.6) is 0 Å². The molecule has 0 spiro atoms. The van der Waals surface area contributed by atoms with E-state index < -0.39 is 0 Å². The topological polar surface area (TPSA) is 50.4 Å². The van der Waals surface area contributed by atoms with Gasteiger partial charge in [-0.15, -0.1) is 0 Å². The molecule has 1 aliphatic rings. The Balaban J connectivity index is 2.24. The minimum Gasteiger partial charge on any atom is -0.381 e. The fourth-order valence-corrected chi connectivity index (χ4v) is 2.76. The Morgan fingerprint density at radius 1 is 1.41 bits per heavy atom. The fraction of sp³-hybridized carbons (Fsp3) is 0.917. The van der Waals surface area contributed by atoms with Crippen LogP contribution in [0, 0.1) is 0 Å². The molecule has 1 fully saturated rings. The maximum Gasteiger partial charge on any atom is 0.220 e. The van der Waals surface area contributed by atoms with Gasteiger partial charge in [0.15, 0.2) is 0 Å². The van der Waals surface area contributed by atoms with E-state index in [0.29, 0.717) is 6.42 Å². The summed E-state index contributed by atoms with van der Waals surface area (Å²) in [5.74, 6) is 0.167. The number of carbonyl (C=O) groups is 1. The summed E-state index contributed by atoms with van der Waals surface area (Å²) in [6.45, 7) is 3.30. The Bertz CT molecular complexity index is 231. The molecule has 0 aromatic heterocycles. The molecular weight excluding hydrogens is 236 g/mol. The summed E-state index contributed by atoms with van der Waals surface area (Å²) in [5, 5.41) is 6.11. The minimum absolute atomic E-state index is 0.167. The van der Waals surface area contributed by atoms with Crippen molar-refractivity contribution in [3.63, 3.8) is 0 Å². The molecule has 0 saturated carbocycles. The van der Waals surface area contributed by atoms with Gasteiger partial charge in [0.1, 0.15) is 0 Å². The maximum absolute atomic E-state index is 11.6. The Hall–Kier alpha value is -0.260. The van der Waals surface area contributed by atoms with E-state index in [2.05, 4.69) is 16.9 Å². The first-order valence-electron chi connectivity index (χ1n) is 6.27. The number of rotatable bonds is 7. The first-order chi connectivity index (χ1) is 8.22. The number of thioether (sulfide) groups is 1. The van der Waals surface area contributed by atoms with Crippen molar-refractivity contribution >= 4 is 17.7 Å². The summed E-state index contributed by atoms with van der Waals surface area (Å²) in [6, 6.07) is 0. The van der Waals surface area contributed by atoms with E-state index in [0.717, 1.165) is 45.6 Å². The Morgan fingerprint density at radius 2 is 2.12 bits per heavy atom. The predicted molar refractivity (Wildman–Crippen MR) is 72.5 cm³/mol. The van der Waals surface area contributed by atoms with E-state index in [9.17, 15) is 4.79 Å². The lowest BCUT2D eigenvalue weighted by Crippen LogP contribution is -2.44. The lowest BCUT2D eigenvalue weighted by molar-refractivity contribution is -0.121. The molecule has 0 bridgehead atoms. The molecular formula is C12H24N2O2S. The van der Waals surface area contributed by atoms with Crippen LogP contribution in [0.1, 0.15) is 25.7 Å². The molecule has 100 valence electrons. The van der Waals surface area contributed by atoms with Crippen LogP contribution >= 0.6 is 11.8 Å². The standard InChI is InChI=1S/C12H24N2O2S/c1-13-7-3-4-11(15)14-10-12(17-2)5-8-16-9-6-12/h13H,3-10H2,1-2H3,(H,14,15). The first-order valence-corrected chi connectivity index (χ1v) is 7.49. The van der Waals surface area contributed by atoms with Crippen molar-refractivity contribution in [3.8, 4) is 0 Å². The van der Waals surface area contributed by atoms with E-state index in [1.165, 1.54) is 0 Å². The second kappa shape index (κ2) is 7.95. The highest BCUT2D eigenvalue weighted by Crippen LogP contribution is 2.32. The van der Waals surface area contributed by atoms with Crippen LogP contribution in [0.25, 0.3) is 0 Å². The summed E-state index contributed by atoms with van der Waals surface area (Å²) < 4.78 is 5.57. The van der Waals surface area contributed by atoms with Crippen molar-refractivity contribution < 1.29 is 9.53 Å². The highest BCUT2D eigenvalue weighted by Gasteiger charge is 2.31. The SMILES string of the molecule is CNCCCC(=O)NCC1(SC)CCOCC1. The highest BCUT2D eigenvalue weighted by atomic mass is 32.2. The molecule has 1 aliphatic heterocycles. The van der Waals surface area contributed by atoms with Crippen LogP contribution in [0.3, 0.4) is 0 Å². The van der Waals surface area contributed by atoms with Crippen LogP contribution in [-0.4, -0.2) is 50.3 Å². The summed E-state index contributed by atoms with van der Waals surface area (Å²) in [6.07, 6.45) is 5.70. The van der Waals surface area contributed by atoms with E-state index >= 15 is 0 Å². The molecule has 0 atom stereocenters. The third-order valence-corrected chi connectivity index (χ3v) is 4.69. The Morgan fingerprint density at radius 3 is 2.71 bits per heavy atom. The molecule has 5 heteroatoms. The van der Waals surface area contributed by atoms with E-state index in [4.69, 9.17) is 4.74 Å². The van der Waals surface area contributed by atoms with E-state index in [-0.39, 0.29) is 10.7 Å². The van der Waals surface area contributed by atoms with Crippen LogP contribution in [0.4, 0.5) is 0 Å². The van der Waals surface area contributed by atoms with Gasteiger partial charge < -0.3 is 15.4 Å². The van der Waals surface area contributed by atoms with Crippen LogP contribution in [-0.2, 0) is 9.53 Å². The van der Waals surface area contributed by atoms with Gasteiger partial charge in [-0.25, -0.2) is 0 Å². The number of hydrogen-bond acceptors (Lipinski definition) is 4. The molecule has 1 heterocycles. The maximum atomic E-state index is 11.6. The zero-order valence-corrected chi connectivity index (χ0v) is 11.7. The summed E-state index contributed by atoms with van der Waals surface area (Å²) in [4.78, 5) is 11.6. The van der Waals surface area contributed by atoms with E-state index in [1.807, 2.05) is 18.8 Å². The van der Waals surface area contributed by atoms with Gasteiger partial charge in [0.25, 0.3) is 0 Å². The molecule has 0 aliphatic carbocycles. The van der Waals surface area contributed by atoms with Gasteiger partial charge in [0.2, 0.25) is 5.91 Å². The van der Waals surface area contributed by atoms with Crippen molar-refractivity contribution in [2.45, 2.75) is 30.4 Å². The second-order valence-electron chi connectivity index (χ2n) is 4.48. The largest absolute Gasteiger partial charge is 0.381 e. The van der Waals surface area contributed by atoms with Gasteiger partial charge in [-0.2, -0.15) is 11.8 Å². The molecule has 1 amide bonds. The number of hydrogen-bond donors (Lipinski definition) is 2. The third-order valence-electron chi connectivity index (χ3n) is 3.28. The average molecular weight is 260 g/mol. The monoisotopic (exact) mass is 260 g/mol. The molecule has 0 radical (unpaired) electrons. The number of nitrogens with one attached hydrogen (secondary N) is 2. The molecule has 0 aromatic rings. The van der Waals surface area contributed by atoms with Crippen LogP contribution in [0.15, 0.2) is 0 Å². The zero-order valence-electron chi connectivity index (χ0n) is 10.9. The molecule has 0 aromatic carbocycles. The molecule has 1 rings (SSSR count). The molecule has 17 heavy (non-hydrogen) atoms. The van der Waals surface area contributed by atoms with Gasteiger partial charge in [-0.05, 0) is 39.1 Å². The third kappa shape index (κ3) is 5.27. The van der Waals surface area contributed by atoms with Crippen molar-refractivity contribution in [1.29, 1.82) is 0 Å². The molecule has 2 N–H and O–H groups in total. The summed E-state index contributed by atoms with van der Waals surface area (Å²) in [7, 11) is 1.91. The van der Waals surface area contributed by atoms with Crippen molar-refractivity contribution in [3.05, 3.63) is 0 Å². The van der Waals surface area contributed by atoms with Gasteiger partial charge in [-0.1, -0.05) is 0 Å². The molecule has 1 saturated heterocycles. The van der Waals surface area contributed by atoms with Gasteiger partial charge in [-0.3, -0.25) is 4.79 Å². The van der Waals surface area contributed by atoms with Crippen molar-refractivity contribution in [2.75, 3.05) is 39.6 Å². The normalized spacial score (nSPS) is 18.9. The van der Waals surface area contributed by atoms with Crippen molar-refractivity contribution in [1.82, 2.24) is 10.6 Å². The summed E-state index contributed by atoms with van der Waals surface area (Å²) in [5.41, 5.74) is 0. The molecule has 0 unspecified atom stereocenters. The number of ether oxygens (including phenoxy) is 1. The minimum atomic E-state index is 0.167. The van der Waals surface area contributed by atoms with Crippen molar-refractivity contribution in [2.24, 2.45) is 0 Å². The first kappa shape index (κ1) is 14.8. The fourth-order valence-electron chi connectivity index (χ4n) is 1.97. The second-order valence-corrected chi connectivity index (χ2v) is 5.76. The molecule has 4 nitrogen and oxygen atoms in total. The average Bonchev–Trinajstić information content (AvgIpc) is 2.38. The lowest BCUT2D eigenvalue weighted by atomic mass is 9.99. The van der Waals surface area contributed by atoms with Gasteiger partial charge >= 0.3 is 0 Å². The zero-order chi connectivity index (χ0) is 12.6. The van der Waals surface area contributed by atoms with Gasteiger partial charge in [0.05, 0.1) is 0 Å². The Kier molecular flexibility index (Phi) is 6.92. The predicted octanol–water partition coefficient (Wildman–Crippen LogP) is 1.01. The number of amides is 1. The Labute approximate surface area is 108 Å². The van der Waals surface area contributed by atoms with Crippen LogP contribution < -0.4 is 10.6 Å². The number of carbonyl (C=O) groups excluding carboxylic acids is 1. The summed E-state index contributed by atoms with van der Waals surface area (Å²) >= 11 is 1.86. The quantitative estimate of drug-likeness (QED) is 0.671. The smallest absolute Gasteiger partial charge is 0.220 e. The van der Waals surface area contributed by atoms with E-state index in [1.54, 1.807) is 0 Å². The lowest BCUT2D eigenvalue weighted by Gasteiger charge is -2.35.